The number of esters is 2. The standard InChI is InChI=1S/C32H40N6O5.C31H42N6O5/c1-5-41-28(39)10-6-7-20-42-26-17-15-25(16-18-26)38-22-35-27-21-34-30(37-29(27)38)36-24-13-11-23(12-14-24)9-8-19-33-31(40)43-32(2,3)4;1-5-40-27(38)10-6-7-20-41-25-17-15-23(16-18-25)35-28-26(32)21-34-29(37-28)36-24-13-11-22(12-14-24)9-8-19-33-30(39)42-31(2,3)4/h11-18,21-22H,5-10,19-20H2,1-4H3,(H,33,40)(H,34,36,37);11-18,21H,5-10,19-20,32H2,1-4H3,(H,33,39)(H2,34,35,36,37). The number of aryl methyl sites for hydroxylation is 2. The maximum absolute atomic E-state index is 11.8. The molecule has 85 heavy (non-hydrogen) atoms. The van der Waals surface area contributed by atoms with E-state index in [9.17, 15) is 19.2 Å². The molecule has 0 saturated heterocycles. The molecule has 0 unspecified atom stereocenters. The maximum atomic E-state index is 11.8. The van der Waals surface area contributed by atoms with E-state index in [0.717, 1.165) is 96.7 Å². The van der Waals surface area contributed by atoms with Crippen molar-refractivity contribution in [1.29, 1.82) is 0 Å². The number of aromatic nitrogens is 6. The number of rotatable bonds is 29. The van der Waals surface area contributed by atoms with Gasteiger partial charge < -0.3 is 60.7 Å². The van der Waals surface area contributed by atoms with Gasteiger partial charge in [0, 0.05) is 48.7 Å². The topological polar surface area (TPSA) is 279 Å². The van der Waals surface area contributed by atoms with Crippen LogP contribution in [-0.4, -0.2) is 104 Å². The van der Waals surface area contributed by atoms with Crippen LogP contribution in [0, 0.1) is 0 Å². The van der Waals surface area contributed by atoms with E-state index >= 15 is 0 Å². The maximum Gasteiger partial charge on any atom is 0.407 e. The zero-order valence-electron chi connectivity index (χ0n) is 50.1. The van der Waals surface area contributed by atoms with Crippen LogP contribution in [0.3, 0.4) is 0 Å². The van der Waals surface area contributed by atoms with Crippen molar-refractivity contribution in [3.8, 4) is 17.2 Å². The third-order valence-corrected chi connectivity index (χ3v) is 12.1. The summed E-state index contributed by atoms with van der Waals surface area (Å²) in [4.78, 5) is 68.7. The number of ether oxygens (including phenoxy) is 6. The summed E-state index contributed by atoms with van der Waals surface area (Å²) in [5, 5.41) is 15.3. The molecular formula is C63H82N12O10. The SMILES string of the molecule is CCOC(=O)CCCCOc1ccc(-n2cnc3cnc(Nc4ccc(CCCNC(=O)OC(C)(C)C)cc4)nc32)cc1.CCOC(=O)CCCCOc1ccc(Nc2nc(Nc3ccc(CCCNC(=O)OC(C)(C)C)cc3)ncc2N)cc1. The fraction of sp³-hybridized carbons (Fsp3) is 0.413. The molecule has 0 aliphatic carbocycles. The minimum absolute atomic E-state index is 0.169. The van der Waals surface area contributed by atoms with Crippen molar-refractivity contribution in [2.75, 3.05) is 61.2 Å². The quantitative estimate of drug-likeness (QED) is 0.0144. The Labute approximate surface area is 497 Å². The molecule has 0 saturated carbocycles. The van der Waals surface area contributed by atoms with Gasteiger partial charge in [0.2, 0.25) is 11.9 Å². The molecule has 3 heterocycles. The number of nitrogens with one attached hydrogen (secondary N) is 5. The summed E-state index contributed by atoms with van der Waals surface area (Å²) in [6.45, 7) is 17.6. The molecule has 0 aliphatic rings. The molecule has 0 bridgehead atoms. The number of fused-ring (bicyclic) bond motifs is 1. The first-order chi connectivity index (χ1) is 40.8. The Morgan fingerprint density at radius 2 is 0.976 bits per heavy atom. The highest BCUT2D eigenvalue weighted by atomic mass is 16.6. The van der Waals surface area contributed by atoms with Crippen LogP contribution in [-0.2, 0) is 41.4 Å². The number of carbonyl (C=O) groups is 4. The molecule has 22 nitrogen and oxygen atoms in total. The van der Waals surface area contributed by atoms with Gasteiger partial charge in [-0.3, -0.25) is 14.2 Å². The van der Waals surface area contributed by atoms with Crippen LogP contribution in [0.2, 0.25) is 0 Å². The van der Waals surface area contributed by atoms with Gasteiger partial charge in [0.05, 0.1) is 44.5 Å². The summed E-state index contributed by atoms with van der Waals surface area (Å²) in [5.74, 6) is 2.50. The highest BCUT2D eigenvalue weighted by Crippen LogP contribution is 2.26. The third kappa shape index (κ3) is 24.3. The number of carbonyl (C=O) groups excluding carboxylic acids is 4. The van der Waals surface area contributed by atoms with Gasteiger partial charge in [0.25, 0.3) is 0 Å². The second kappa shape index (κ2) is 33.2. The number of benzene rings is 4. The van der Waals surface area contributed by atoms with E-state index in [-0.39, 0.29) is 11.9 Å². The van der Waals surface area contributed by atoms with Gasteiger partial charge in [-0.05, 0) is 191 Å². The normalized spacial score (nSPS) is 11.1. The molecule has 0 spiro atoms. The van der Waals surface area contributed by atoms with Gasteiger partial charge in [-0.2, -0.15) is 9.97 Å². The lowest BCUT2D eigenvalue weighted by molar-refractivity contribution is -0.144. The molecular weight excluding hydrogens is 1080 g/mol. The predicted octanol–water partition coefficient (Wildman–Crippen LogP) is 12.2. The average molecular weight is 1170 g/mol. The molecule has 0 aliphatic heterocycles. The van der Waals surface area contributed by atoms with Crippen LogP contribution in [0.25, 0.3) is 16.9 Å². The number of unbranched alkanes of at least 4 members (excludes halogenated alkanes) is 2. The van der Waals surface area contributed by atoms with E-state index < -0.39 is 23.4 Å². The number of imidazole rings is 1. The van der Waals surface area contributed by atoms with Crippen molar-refractivity contribution in [3.05, 3.63) is 127 Å². The van der Waals surface area contributed by atoms with Crippen molar-refractivity contribution in [2.24, 2.45) is 0 Å². The van der Waals surface area contributed by atoms with Gasteiger partial charge in [-0.15, -0.1) is 0 Å². The fourth-order valence-electron chi connectivity index (χ4n) is 8.04. The summed E-state index contributed by atoms with van der Waals surface area (Å²) < 4.78 is 33.9. The van der Waals surface area contributed by atoms with Gasteiger partial charge in [-0.1, -0.05) is 24.3 Å². The van der Waals surface area contributed by atoms with Crippen LogP contribution < -0.4 is 41.8 Å². The van der Waals surface area contributed by atoms with E-state index in [4.69, 9.17) is 39.1 Å². The zero-order chi connectivity index (χ0) is 61.0. The summed E-state index contributed by atoms with van der Waals surface area (Å²) in [5.41, 5.74) is 12.6. The van der Waals surface area contributed by atoms with Crippen molar-refractivity contribution in [3.63, 3.8) is 0 Å². The van der Waals surface area contributed by atoms with Crippen LogP contribution in [0.1, 0.15) is 118 Å². The molecule has 2 amide bonds. The Morgan fingerprint density at radius 3 is 1.46 bits per heavy atom. The molecule has 7 N–H and O–H groups in total. The number of hydrogen-bond donors (Lipinski definition) is 6. The van der Waals surface area contributed by atoms with E-state index in [1.807, 2.05) is 143 Å². The van der Waals surface area contributed by atoms with Crippen LogP contribution >= 0.6 is 0 Å². The number of nitrogens with zero attached hydrogens (tertiary/aromatic N) is 6. The Kier molecular flexibility index (Phi) is 25.4. The van der Waals surface area contributed by atoms with Crippen molar-refractivity contribution in [1.82, 2.24) is 40.1 Å². The van der Waals surface area contributed by atoms with E-state index in [1.54, 1.807) is 32.6 Å². The Hall–Kier alpha value is -9.21. The molecule has 0 radical (unpaired) electrons. The summed E-state index contributed by atoms with van der Waals surface area (Å²) >= 11 is 0. The lowest BCUT2D eigenvalue weighted by Gasteiger charge is -2.19. The largest absolute Gasteiger partial charge is 0.494 e. The molecule has 7 aromatic rings. The van der Waals surface area contributed by atoms with Crippen LogP contribution in [0.5, 0.6) is 11.5 Å². The lowest BCUT2D eigenvalue weighted by Crippen LogP contribution is -2.33. The average Bonchev–Trinajstić information content (AvgIpc) is 3.13. The van der Waals surface area contributed by atoms with E-state index in [2.05, 4.69) is 46.5 Å². The number of amides is 2. The smallest absolute Gasteiger partial charge is 0.407 e. The summed E-state index contributed by atoms with van der Waals surface area (Å²) in [7, 11) is 0. The van der Waals surface area contributed by atoms with Gasteiger partial charge >= 0.3 is 24.1 Å². The molecule has 454 valence electrons. The van der Waals surface area contributed by atoms with Gasteiger partial charge in [0.15, 0.2) is 11.5 Å². The minimum Gasteiger partial charge on any atom is -0.494 e. The van der Waals surface area contributed by atoms with Gasteiger partial charge in [-0.25, -0.2) is 24.5 Å². The third-order valence-electron chi connectivity index (χ3n) is 12.1. The number of nitrogens with two attached hydrogens (primary N) is 1. The Bertz CT molecular complexity index is 3180. The monoisotopic (exact) mass is 1170 g/mol. The van der Waals surface area contributed by atoms with Crippen molar-refractivity contribution in [2.45, 2.75) is 131 Å². The highest BCUT2D eigenvalue weighted by molar-refractivity contribution is 5.75. The van der Waals surface area contributed by atoms with E-state index in [1.165, 1.54) is 0 Å². The first-order valence-corrected chi connectivity index (χ1v) is 28.8. The molecule has 0 fully saturated rings. The summed E-state index contributed by atoms with van der Waals surface area (Å²) in [6.07, 6.45) is 11.2. The summed E-state index contributed by atoms with van der Waals surface area (Å²) in [6, 6.07) is 31.2. The minimum atomic E-state index is -0.506. The Morgan fingerprint density at radius 1 is 0.529 bits per heavy atom. The predicted molar refractivity (Wildman–Crippen MR) is 329 cm³/mol. The first kappa shape index (κ1) is 65.0. The molecule has 4 aromatic carbocycles. The second-order valence-corrected chi connectivity index (χ2v) is 21.6. The molecule has 7 rings (SSSR count). The van der Waals surface area contributed by atoms with Crippen molar-refractivity contribution < 1.29 is 47.6 Å². The second-order valence-electron chi connectivity index (χ2n) is 21.6. The highest BCUT2D eigenvalue weighted by Gasteiger charge is 2.17. The first-order valence-electron chi connectivity index (χ1n) is 28.8. The van der Waals surface area contributed by atoms with Gasteiger partial charge in [0.1, 0.15) is 34.5 Å². The Balaban J connectivity index is 0.000000272. The number of hydrogen-bond acceptors (Lipinski definition) is 19. The van der Waals surface area contributed by atoms with E-state index in [0.29, 0.717) is 86.9 Å². The lowest BCUT2D eigenvalue weighted by atomic mass is 10.1. The fourth-order valence-corrected chi connectivity index (χ4v) is 8.04. The number of anilines is 7. The zero-order valence-corrected chi connectivity index (χ0v) is 50.1. The van der Waals surface area contributed by atoms with Crippen molar-refractivity contribution >= 4 is 75.8 Å². The van der Waals surface area contributed by atoms with Crippen LogP contribution in [0.4, 0.5) is 50.1 Å². The number of nitrogen functional groups attached to an aromatic ring is 1. The van der Waals surface area contributed by atoms with Crippen LogP contribution in [0.15, 0.2) is 116 Å². The number of alkyl carbamates (subject to hydrolysis) is 2. The molecule has 3 aromatic heterocycles. The molecule has 22 heteroatoms. The molecule has 0 atom stereocenters.